The Morgan fingerprint density at radius 3 is 1.97 bits per heavy atom. The summed E-state index contributed by atoms with van der Waals surface area (Å²) in [5, 5.41) is 4.87. The van der Waals surface area contributed by atoms with Crippen LogP contribution in [0.3, 0.4) is 0 Å². The van der Waals surface area contributed by atoms with Crippen LogP contribution in [0, 0.1) is 0 Å². The van der Waals surface area contributed by atoms with E-state index in [1.807, 2.05) is 0 Å². The molecule has 7 rings (SSSR count). The molecule has 0 amide bonds. The van der Waals surface area contributed by atoms with Gasteiger partial charge in [0.15, 0.2) is 0 Å². The molecule has 0 saturated carbocycles. The second kappa shape index (κ2) is 8.54. The average molecular weight is 464 g/mol. The van der Waals surface area contributed by atoms with Crippen molar-refractivity contribution in [1.29, 1.82) is 0 Å². The number of benzene rings is 5. The molecule has 0 bridgehead atoms. The average Bonchev–Trinajstić information content (AvgIpc) is 3.41. The van der Waals surface area contributed by atoms with Crippen LogP contribution < -0.4 is 4.90 Å². The molecular formula is C33H25N3. The smallest absolute Gasteiger partial charge is 0.138 e. The van der Waals surface area contributed by atoms with Crippen LogP contribution >= 0.6 is 0 Å². The van der Waals surface area contributed by atoms with Crippen LogP contribution in [0.2, 0.25) is 0 Å². The Morgan fingerprint density at radius 2 is 1.25 bits per heavy atom. The molecule has 3 heteroatoms. The first-order valence-electron chi connectivity index (χ1n) is 12.5. The molecule has 0 spiro atoms. The van der Waals surface area contributed by atoms with Crippen LogP contribution in [-0.4, -0.2) is 9.97 Å². The first kappa shape index (κ1) is 20.7. The molecular weight excluding hydrogens is 438 g/mol. The lowest BCUT2D eigenvalue weighted by molar-refractivity contribution is 0.997. The first-order valence-corrected chi connectivity index (χ1v) is 12.5. The summed E-state index contributed by atoms with van der Waals surface area (Å²) in [7, 11) is 0. The van der Waals surface area contributed by atoms with Gasteiger partial charge >= 0.3 is 0 Å². The highest BCUT2D eigenvalue weighted by atomic mass is 15.1. The fourth-order valence-corrected chi connectivity index (χ4v) is 5.32. The van der Waals surface area contributed by atoms with Crippen molar-refractivity contribution in [2.24, 2.45) is 0 Å². The first-order chi connectivity index (χ1) is 17.9. The number of hydrogen-bond donors (Lipinski definition) is 1. The molecule has 0 unspecified atom stereocenters. The minimum absolute atomic E-state index is 0.890. The molecule has 0 atom stereocenters. The summed E-state index contributed by atoms with van der Waals surface area (Å²) in [5.41, 5.74) is 6.68. The minimum Gasteiger partial charge on any atom is -0.337 e. The number of hydrogen-bond acceptors (Lipinski definition) is 2. The number of nitrogens with zero attached hydrogens (tertiary/aromatic N) is 2. The number of anilines is 2. The monoisotopic (exact) mass is 463 g/mol. The molecule has 0 radical (unpaired) electrons. The van der Waals surface area contributed by atoms with Gasteiger partial charge in [0.25, 0.3) is 0 Å². The van der Waals surface area contributed by atoms with Gasteiger partial charge in [-0.2, -0.15) is 0 Å². The van der Waals surface area contributed by atoms with E-state index < -0.39 is 0 Å². The molecule has 0 fully saturated rings. The number of para-hydroxylation sites is 1. The van der Waals surface area contributed by atoms with Crippen molar-refractivity contribution in [1.82, 2.24) is 9.97 Å². The quantitative estimate of drug-likeness (QED) is 0.265. The number of aromatic nitrogens is 2. The van der Waals surface area contributed by atoms with Crippen LogP contribution in [0.1, 0.15) is 12.8 Å². The van der Waals surface area contributed by atoms with Crippen LogP contribution in [0.4, 0.5) is 11.4 Å². The number of rotatable bonds is 4. The largest absolute Gasteiger partial charge is 0.337 e. The molecule has 1 N–H and O–H groups in total. The van der Waals surface area contributed by atoms with Gasteiger partial charge in [-0.15, -0.1) is 0 Å². The van der Waals surface area contributed by atoms with Gasteiger partial charge in [-0.05, 0) is 66.1 Å². The Balaban J connectivity index is 1.35. The van der Waals surface area contributed by atoms with E-state index in [2.05, 4.69) is 131 Å². The van der Waals surface area contributed by atoms with E-state index in [1.54, 1.807) is 0 Å². The van der Waals surface area contributed by atoms with E-state index in [1.165, 1.54) is 27.2 Å². The van der Waals surface area contributed by atoms with Gasteiger partial charge in [0.05, 0.1) is 11.0 Å². The second-order valence-corrected chi connectivity index (χ2v) is 9.23. The van der Waals surface area contributed by atoms with Crippen molar-refractivity contribution in [3.05, 3.63) is 127 Å². The maximum absolute atomic E-state index is 5.09. The van der Waals surface area contributed by atoms with E-state index in [-0.39, 0.29) is 0 Å². The van der Waals surface area contributed by atoms with E-state index in [9.17, 15) is 0 Å². The molecule has 0 saturated heterocycles. The lowest BCUT2D eigenvalue weighted by Gasteiger charge is -2.27. The minimum atomic E-state index is 0.890. The van der Waals surface area contributed by atoms with Gasteiger partial charge in [-0.3, -0.25) is 0 Å². The maximum atomic E-state index is 5.09. The van der Waals surface area contributed by atoms with Crippen LogP contribution in [0.25, 0.3) is 44.0 Å². The lowest BCUT2D eigenvalue weighted by Crippen LogP contribution is -2.16. The topological polar surface area (TPSA) is 31.9 Å². The standard InChI is InChI=1S/C33H25N3/c1-3-11-24(12-4-1)36(25-13-5-2-6-14-25)26-21-19-23(20-22-26)33-34-31-29-17-9-7-15-27(29)28-16-8-10-18-30(28)32(31)35-33/h1,3-5,7-22H,2,6H2,(H,34,35). The van der Waals surface area contributed by atoms with E-state index in [0.29, 0.717) is 0 Å². The molecule has 36 heavy (non-hydrogen) atoms. The Bertz CT molecular complexity index is 1700. The number of imidazole rings is 1. The molecule has 1 aromatic heterocycles. The highest BCUT2D eigenvalue weighted by molar-refractivity contribution is 6.23. The number of H-pyrrole nitrogens is 1. The normalized spacial score (nSPS) is 13.4. The highest BCUT2D eigenvalue weighted by Gasteiger charge is 2.16. The third kappa shape index (κ3) is 3.40. The molecule has 5 aromatic carbocycles. The Labute approximate surface area is 210 Å². The second-order valence-electron chi connectivity index (χ2n) is 9.23. The van der Waals surface area contributed by atoms with Crippen molar-refractivity contribution in [3.63, 3.8) is 0 Å². The van der Waals surface area contributed by atoms with Crippen molar-refractivity contribution in [2.75, 3.05) is 4.90 Å². The zero-order valence-corrected chi connectivity index (χ0v) is 19.9. The van der Waals surface area contributed by atoms with Crippen LogP contribution in [0.5, 0.6) is 0 Å². The van der Waals surface area contributed by atoms with Crippen molar-refractivity contribution < 1.29 is 0 Å². The van der Waals surface area contributed by atoms with Gasteiger partial charge in [0.1, 0.15) is 5.82 Å². The molecule has 1 aliphatic carbocycles. The third-order valence-corrected chi connectivity index (χ3v) is 7.02. The predicted molar refractivity (Wildman–Crippen MR) is 152 cm³/mol. The van der Waals surface area contributed by atoms with Crippen molar-refractivity contribution in [2.45, 2.75) is 12.8 Å². The predicted octanol–water partition coefficient (Wildman–Crippen LogP) is 8.91. The SMILES string of the molecule is C1=CC(N(c2ccccc2)c2ccc(-c3nc4c5ccccc5c5ccccc5c4[nH]3)cc2)=CCC1. The zero-order valence-electron chi connectivity index (χ0n) is 19.9. The van der Waals surface area contributed by atoms with Gasteiger partial charge in [-0.1, -0.05) is 78.9 Å². The van der Waals surface area contributed by atoms with Gasteiger partial charge in [0, 0.05) is 33.4 Å². The fourth-order valence-electron chi connectivity index (χ4n) is 5.32. The van der Waals surface area contributed by atoms with E-state index >= 15 is 0 Å². The summed E-state index contributed by atoms with van der Waals surface area (Å²) >= 11 is 0. The lowest BCUT2D eigenvalue weighted by atomic mass is 10.0. The number of allylic oxidation sites excluding steroid dienone is 3. The maximum Gasteiger partial charge on any atom is 0.138 e. The zero-order chi connectivity index (χ0) is 23.9. The Morgan fingerprint density at radius 1 is 0.611 bits per heavy atom. The van der Waals surface area contributed by atoms with E-state index in [4.69, 9.17) is 4.98 Å². The summed E-state index contributed by atoms with van der Waals surface area (Å²) in [6, 6.07) is 36.4. The van der Waals surface area contributed by atoms with E-state index in [0.717, 1.165) is 46.6 Å². The van der Waals surface area contributed by atoms with Gasteiger partial charge in [0.2, 0.25) is 0 Å². The van der Waals surface area contributed by atoms with Crippen LogP contribution in [0.15, 0.2) is 127 Å². The fraction of sp³-hybridized carbons (Fsp3) is 0.0606. The van der Waals surface area contributed by atoms with Crippen LogP contribution in [-0.2, 0) is 0 Å². The summed E-state index contributed by atoms with van der Waals surface area (Å²) in [6.07, 6.45) is 8.95. The molecule has 172 valence electrons. The molecule has 6 aromatic rings. The molecule has 3 nitrogen and oxygen atoms in total. The molecule has 0 aliphatic heterocycles. The molecule has 1 aliphatic rings. The highest BCUT2D eigenvalue weighted by Crippen LogP contribution is 2.36. The summed E-state index contributed by atoms with van der Waals surface area (Å²) < 4.78 is 0. The number of fused-ring (bicyclic) bond motifs is 6. The number of nitrogens with one attached hydrogen (secondary N) is 1. The third-order valence-electron chi connectivity index (χ3n) is 7.02. The summed E-state index contributed by atoms with van der Waals surface area (Å²) in [4.78, 5) is 11.1. The summed E-state index contributed by atoms with van der Waals surface area (Å²) in [6.45, 7) is 0. The van der Waals surface area contributed by atoms with Gasteiger partial charge < -0.3 is 9.88 Å². The molecule has 1 heterocycles. The Kier molecular flexibility index (Phi) is 4.92. The summed E-state index contributed by atoms with van der Waals surface area (Å²) in [5.74, 6) is 0.890. The van der Waals surface area contributed by atoms with Gasteiger partial charge in [-0.25, -0.2) is 4.98 Å². The number of aromatic amines is 1. The van der Waals surface area contributed by atoms with Crippen molar-refractivity contribution in [3.8, 4) is 11.4 Å². The van der Waals surface area contributed by atoms with Crippen molar-refractivity contribution >= 4 is 44.0 Å². The Hall–Kier alpha value is -4.63.